The van der Waals surface area contributed by atoms with Gasteiger partial charge in [0.15, 0.2) is 0 Å². The Labute approximate surface area is 118 Å². The van der Waals surface area contributed by atoms with Crippen molar-refractivity contribution in [3.8, 4) is 0 Å². The molecule has 4 unspecified atom stereocenters. The number of nitrogens with zero attached hydrogens (tertiary/aromatic N) is 1. The highest BCUT2D eigenvalue weighted by Gasteiger charge is 2.50. The first-order valence-corrected chi connectivity index (χ1v) is 8.16. The van der Waals surface area contributed by atoms with Gasteiger partial charge in [-0.25, -0.2) is 0 Å². The van der Waals surface area contributed by atoms with Gasteiger partial charge in [-0.1, -0.05) is 47.0 Å². The van der Waals surface area contributed by atoms with Crippen molar-refractivity contribution in [3.63, 3.8) is 0 Å². The second-order valence-electron chi connectivity index (χ2n) is 6.72. The van der Waals surface area contributed by atoms with E-state index in [0.29, 0.717) is 17.9 Å². The molecule has 19 heavy (non-hydrogen) atoms. The van der Waals surface area contributed by atoms with Crippen molar-refractivity contribution in [3.05, 3.63) is 0 Å². The van der Waals surface area contributed by atoms with Crippen LogP contribution in [-0.2, 0) is 4.79 Å². The molecule has 1 amide bonds. The van der Waals surface area contributed by atoms with Gasteiger partial charge in [-0.15, -0.1) is 0 Å². The Balaban J connectivity index is 2.01. The number of nitrogens with one attached hydrogen (secondary N) is 1. The third kappa shape index (κ3) is 3.31. The molecular formula is C16H30N2O. The van der Waals surface area contributed by atoms with E-state index in [2.05, 4.69) is 37.9 Å². The van der Waals surface area contributed by atoms with Gasteiger partial charge in [-0.2, -0.15) is 0 Å². The Morgan fingerprint density at radius 2 is 2.11 bits per heavy atom. The van der Waals surface area contributed by atoms with Gasteiger partial charge in [-0.3, -0.25) is 10.1 Å². The molecule has 2 fully saturated rings. The van der Waals surface area contributed by atoms with E-state index in [1.807, 2.05) is 0 Å². The lowest BCUT2D eigenvalue weighted by Gasteiger charge is -2.26. The van der Waals surface area contributed by atoms with Gasteiger partial charge >= 0.3 is 0 Å². The SMILES string of the molecule is CCCCC1NC(CC(C)C)N(C2CC2CC)C1=O. The second-order valence-corrected chi connectivity index (χ2v) is 6.72. The molecule has 1 aliphatic carbocycles. The van der Waals surface area contributed by atoms with E-state index in [1.165, 1.54) is 19.3 Å². The third-order valence-corrected chi connectivity index (χ3v) is 4.59. The van der Waals surface area contributed by atoms with Gasteiger partial charge in [0, 0.05) is 6.04 Å². The van der Waals surface area contributed by atoms with Gasteiger partial charge in [0.25, 0.3) is 0 Å². The van der Waals surface area contributed by atoms with Gasteiger partial charge in [0.05, 0.1) is 12.2 Å². The molecule has 1 heterocycles. The lowest BCUT2D eigenvalue weighted by atomic mass is 10.1. The smallest absolute Gasteiger partial charge is 0.241 e. The van der Waals surface area contributed by atoms with Crippen LogP contribution < -0.4 is 5.32 Å². The first kappa shape index (κ1) is 14.8. The molecule has 110 valence electrons. The van der Waals surface area contributed by atoms with Crippen molar-refractivity contribution in [2.45, 2.75) is 84.5 Å². The molecule has 2 aliphatic rings. The fourth-order valence-corrected chi connectivity index (χ4v) is 3.37. The van der Waals surface area contributed by atoms with Crippen LogP contribution in [-0.4, -0.2) is 29.1 Å². The Hall–Kier alpha value is -0.570. The summed E-state index contributed by atoms with van der Waals surface area (Å²) in [5.74, 6) is 1.77. The minimum absolute atomic E-state index is 0.0850. The van der Waals surface area contributed by atoms with Crippen LogP contribution >= 0.6 is 0 Å². The minimum Gasteiger partial charge on any atom is -0.323 e. The van der Waals surface area contributed by atoms with Crippen LogP contribution in [0.25, 0.3) is 0 Å². The molecule has 2 rings (SSSR count). The van der Waals surface area contributed by atoms with Crippen LogP contribution in [0.5, 0.6) is 0 Å². The predicted molar refractivity (Wildman–Crippen MR) is 78.7 cm³/mol. The number of rotatable bonds is 7. The van der Waals surface area contributed by atoms with Crippen molar-refractivity contribution in [1.29, 1.82) is 0 Å². The van der Waals surface area contributed by atoms with Crippen molar-refractivity contribution < 1.29 is 4.79 Å². The lowest BCUT2D eigenvalue weighted by Crippen LogP contribution is -2.40. The molecule has 0 aromatic heterocycles. The van der Waals surface area contributed by atoms with Gasteiger partial charge in [0.1, 0.15) is 0 Å². The van der Waals surface area contributed by atoms with Crippen molar-refractivity contribution in [1.82, 2.24) is 10.2 Å². The van der Waals surface area contributed by atoms with E-state index in [1.54, 1.807) is 0 Å². The summed E-state index contributed by atoms with van der Waals surface area (Å²) in [6, 6.07) is 0.613. The van der Waals surface area contributed by atoms with Crippen LogP contribution in [0.4, 0.5) is 0 Å². The highest BCUT2D eigenvalue weighted by molar-refractivity contribution is 5.85. The molecule has 0 radical (unpaired) electrons. The largest absolute Gasteiger partial charge is 0.323 e. The van der Waals surface area contributed by atoms with Gasteiger partial charge < -0.3 is 4.90 Å². The normalized spacial score (nSPS) is 34.4. The Morgan fingerprint density at radius 3 is 2.63 bits per heavy atom. The summed E-state index contributed by atoms with van der Waals surface area (Å²) in [5, 5.41) is 3.60. The van der Waals surface area contributed by atoms with Crippen LogP contribution in [0, 0.1) is 11.8 Å². The number of carbonyl (C=O) groups excluding carboxylic acids is 1. The summed E-state index contributed by atoms with van der Waals surface area (Å²) in [4.78, 5) is 14.8. The Bertz CT molecular complexity index is 316. The molecular weight excluding hydrogens is 236 g/mol. The summed E-state index contributed by atoms with van der Waals surface area (Å²) < 4.78 is 0. The first-order valence-electron chi connectivity index (χ1n) is 8.16. The molecule has 3 heteroatoms. The number of amides is 1. The average Bonchev–Trinajstić information content (AvgIpc) is 3.06. The van der Waals surface area contributed by atoms with E-state index >= 15 is 0 Å². The fourth-order valence-electron chi connectivity index (χ4n) is 3.37. The maximum Gasteiger partial charge on any atom is 0.241 e. The molecule has 1 N–H and O–H groups in total. The lowest BCUT2D eigenvalue weighted by molar-refractivity contribution is -0.131. The maximum absolute atomic E-state index is 12.6. The first-order chi connectivity index (χ1) is 9.08. The average molecular weight is 266 g/mol. The van der Waals surface area contributed by atoms with E-state index in [0.717, 1.165) is 25.2 Å². The molecule has 0 bridgehead atoms. The van der Waals surface area contributed by atoms with E-state index in [4.69, 9.17) is 0 Å². The third-order valence-electron chi connectivity index (χ3n) is 4.59. The molecule has 1 aliphatic heterocycles. The summed E-state index contributed by atoms with van der Waals surface area (Å²) in [7, 11) is 0. The van der Waals surface area contributed by atoms with E-state index in [-0.39, 0.29) is 12.2 Å². The summed E-state index contributed by atoms with van der Waals surface area (Å²) >= 11 is 0. The molecule has 1 saturated heterocycles. The molecule has 0 aromatic rings. The standard InChI is InChI=1S/C16H30N2O/c1-5-7-8-13-16(19)18(14-10-12(14)6-2)15(17-13)9-11(3)4/h11-15,17H,5-10H2,1-4H3. The number of carbonyl (C=O) groups is 1. The van der Waals surface area contributed by atoms with E-state index in [9.17, 15) is 4.79 Å². The van der Waals surface area contributed by atoms with Crippen molar-refractivity contribution in [2.24, 2.45) is 11.8 Å². The zero-order valence-corrected chi connectivity index (χ0v) is 13.0. The molecule has 4 atom stereocenters. The molecule has 0 aromatic carbocycles. The van der Waals surface area contributed by atoms with Crippen LogP contribution in [0.15, 0.2) is 0 Å². The zero-order chi connectivity index (χ0) is 14.0. The summed E-state index contributed by atoms with van der Waals surface area (Å²) in [5.41, 5.74) is 0. The van der Waals surface area contributed by atoms with Crippen LogP contribution in [0.2, 0.25) is 0 Å². The maximum atomic E-state index is 12.6. The molecule has 3 nitrogen and oxygen atoms in total. The topological polar surface area (TPSA) is 32.3 Å². The van der Waals surface area contributed by atoms with Gasteiger partial charge in [0.2, 0.25) is 5.91 Å². The zero-order valence-electron chi connectivity index (χ0n) is 13.0. The highest BCUT2D eigenvalue weighted by Crippen LogP contribution is 2.41. The summed E-state index contributed by atoms with van der Waals surface area (Å²) in [6.07, 6.45) is 7.12. The minimum atomic E-state index is 0.0850. The van der Waals surface area contributed by atoms with Gasteiger partial charge in [-0.05, 0) is 31.1 Å². The Kier molecular flexibility index (Phi) is 4.88. The van der Waals surface area contributed by atoms with Crippen LogP contribution in [0.1, 0.15) is 66.2 Å². The number of hydrogen-bond acceptors (Lipinski definition) is 2. The quantitative estimate of drug-likeness (QED) is 0.768. The highest BCUT2D eigenvalue weighted by atomic mass is 16.2. The molecule has 1 saturated carbocycles. The number of hydrogen-bond donors (Lipinski definition) is 1. The monoisotopic (exact) mass is 266 g/mol. The summed E-state index contributed by atoms with van der Waals surface area (Å²) in [6.45, 7) is 8.92. The molecule has 0 spiro atoms. The predicted octanol–water partition coefficient (Wildman–Crippen LogP) is 3.15. The van der Waals surface area contributed by atoms with E-state index < -0.39 is 0 Å². The number of unbranched alkanes of at least 4 members (excludes halogenated alkanes) is 1. The van der Waals surface area contributed by atoms with Crippen molar-refractivity contribution >= 4 is 5.91 Å². The second kappa shape index (κ2) is 6.25. The Morgan fingerprint density at radius 1 is 1.37 bits per heavy atom. The fraction of sp³-hybridized carbons (Fsp3) is 0.938. The van der Waals surface area contributed by atoms with Crippen molar-refractivity contribution in [2.75, 3.05) is 0 Å². The van der Waals surface area contributed by atoms with Crippen LogP contribution in [0.3, 0.4) is 0 Å².